The number of nitrogens with one attached hydrogen (secondary N) is 1. The maximum absolute atomic E-state index is 12.7. The van der Waals surface area contributed by atoms with Gasteiger partial charge < -0.3 is 10.1 Å². The Morgan fingerprint density at radius 2 is 1.93 bits per heavy atom. The fourth-order valence-electron chi connectivity index (χ4n) is 3.47. The maximum Gasteiger partial charge on any atom is 0.351 e. The molecule has 1 amide bonds. The average molecular weight is 378 g/mol. The summed E-state index contributed by atoms with van der Waals surface area (Å²) in [5.41, 5.74) is 2.70. The summed E-state index contributed by atoms with van der Waals surface area (Å²) in [6, 6.07) is 17.3. The van der Waals surface area contributed by atoms with E-state index in [9.17, 15) is 9.59 Å². The third-order valence-corrected chi connectivity index (χ3v) is 4.93. The van der Waals surface area contributed by atoms with Crippen molar-refractivity contribution in [1.29, 1.82) is 0 Å². The molecule has 28 heavy (non-hydrogen) atoms. The number of fused-ring (bicyclic) bond motifs is 1. The van der Waals surface area contributed by atoms with Gasteiger partial charge in [-0.1, -0.05) is 42.5 Å². The van der Waals surface area contributed by atoms with Crippen LogP contribution in [0, 0.1) is 6.92 Å². The van der Waals surface area contributed by atoms with Crippen molar-refractivity contribution in [3.8, 4) is 5.69 Å². The van der Waals surface area contributed by atoms with E-state index in [0.29, 0.717) is 24.7 Å². The molecule has 0 bridgehead atoms. The summed E-state index contributed by atoms with van der Waals surface area (Å²) in [6.45, 7) is 2.65. The van der Waals surface area contributed by atoms with Crippen LogP contribution in [-0.2, 0) is 22.5 Å². The van der Waals surface area contributed by atoms with Crippen molar-refractivity contribution >= 4 is 5.91 Å². The Balaban J connectivity index is 1.44. The van der Waals surface area contributed by atoms with Crippen LogP contribution in [0.4, 0.5) is 0 Å². The minimum absolute atomic E-state index is 0.0775. The zero-order chi connectivity index (χ0) is 19.5. The highest BCUT2D eigenvalue weighted by Crippen LogP contribution is 2.26. The molecule has 0 spiro atoms. The smallest absolute Gasteiger partial charge is 0.351 e. The second-order valence-electron chi connectivity index (χ2n) is 6.78. The van der Waals surface area contributed by atoms with E-state index in [4.69, 9.17) is 4.74 Å². The van der Waals surface area contributed by atoms with E-state index in [0.717, 1.165) is 12.0 Å². The molecule has 7 heteroatoms. The number of rotatable bonds is 5. The molecule has 4 rings (SSSR count). The SMILES string of the molecule is Cc1nn(-c2ccccc2)c(=O)n1CC(=O)NC[C@H]1OCCc2ccccc21. The number of hydrogen-bond acceptors (Lipinski definition) is 4. The number of para-hydroxylation sites is 1. The highest BCUT2D eigenvalue weighted by Gasteiger charge is 2.21. The van der Waals surface area contributed by atoms with Crippen LogP contribution >= 0.6 is 0 Å². The highest BCUT2D eigenvalue weighted by molar-refractivity contribution is 5.75. The van der Waals surface area contributed by atoms with Gasteiger partial charge in [0.1, 0.15) is 18.5 Å². The first-order valence-corrected chi connectivity index (χ1v) is 9.31. The molecule has 0 unspecified atom stereocenters. The van der Waals surface area contributed by atoms with Crippen LogP contribution in [0.5, 0.6) is 0 Å². The monoisotopic (exact) mass is 378 g/mol. The molecule has 2 heterocycles. The molecule has 0 aliphatic carbocycles. The van der Waals surface area contributed by atoms with Gasteiger partial charge in [0.2, 0.25) is 5.91 Å². The van der Waals surface area contributed by atoms with E-state index in [1.807, 2.05) is 36.4 Å². The molecule has 1 atom stereocenters. The molecule has 0 saturated carbocycles. The van der Waals surface area contributed by atoms with Gasteiger partial charge in [-0.25, -0.2) is 4.79 Å². The zero-order valence-electron chi connectivity index (χ0n) is 15.7. The summed E-state index contributed by atoms with van der Waals surface area (Å²) < 4.78 is 8.50. The number of hydrogen-bond donors (Lipinski definition) is 1. The van der Waals surface area contributed by atoms with Gasteiger partial charge in [-0.05, 0) is 36.6 Å². The number of amides is 1. The van der Waals surface area contributed by atoms with E-state index in [2.05, 4.69) is 16.5 Å². The van der Waals surface area contributed by atoms with Gasteiger partial charge >= 0.3 is 5.69 Å². The van der Waals surface area contributed by atoms with Gasteiger partial charge in [-0.2, -0.15) is 9.78 Å². The Kier molecular flexibility index (Phi) is 5.08. The lowest BCUT2D eigenvalue weighted by Gasteiger charge is -2.26. The van der Waals surface area contributed by atoms with Crippen molar-refractivity contribution < 1.29 is 9.53 Å². The molecule has 1 aliphatic rings. The number of benzene rings is 2. The molecule has 3 aromatic rings. The normalized spacial score (nSPS) is 15.8. The summed E-state index contributed by atoms with van der Waals surface area (Å²) in [4.78, 5) is 25.1. The lowest BCUT2D eigenvalue weighted by Crippen LogP contribution is -2.36. The molecule has 1 aliphatic heterocycles. The first kappa shape index (κ1) is 18.2. The number of aryl methyl sites for hydroxylation is 1. The summed E-state index contributed by atoms with van der Waals surface area (Å²) in [5, 5.41) is 7.16. The fraction of sp³-hybridized carbons (Fsp3) is 0.286. The van der Waals surface area contributed by atoms with Crippen LogP contribution in [-0.4, -0.2) is 33.4 Å². The largest absolute Gasteiger partial charge is 0.371 e. The van der Waals surface area contributed by atoms with Gasteiger partial charge in [0.05, 0.1) is 12.3 Å². The topological polar surface area (TPSA) is 78.2 Å². The number of carbonyl (C=O) groups excluding carboxylic acids is 1. The second kappa shape index (κ2) is 7.82. The van der Waals surface area contributed by atoms with Gasteiger partial charge in [-0.3, -0.25) is 9.36 Å². The third-order valence-electron chi connectivity index (χ3n) is 4.93. The van der Waals surface area contributed by atoms with Crippen molar-refractivity contribution in [3.05, 3.63) is 82.0 Å². The maximum atomic E-state index is 12.7. The molecule has 1 aromatic heterocycles. The number of aromatic nitrogens is 3. The van der Waals surface area contributed by atoms with E-state index < -0.39 is 0 Å². The van der Waals surface area contributed by atoms with Crippen molar-refractivity contribution in [2.45, 2.75) is 26.0 Å². The Morgan fingerprint density at radius 3 is 2.75 bits per heavy atom. The minimum Gasteiger partial charge on any atom is -0.371 e. The third kappa shape index (κ3) is 3.61. The number of ether oxygens (including phenoxy) is 1. The Hall–Kier alpha value is -3.19. The molecule has 1 N–H and O–H groups in total. The Morgan fingerprint density at radius 1 is 1.18 bits per heavy atom. The van der Waals surface area contributed by atoms with Gasteiger partial charge in [-0.15, -0.1) is 0 Å². The Bertz CT molecular complexity index is 1040. The van der Waals surface area contributed by atoms with E-state index in [1.54, 1.807) is 19.1 Å². The highest BCUT2D eigenvalue weighted by atomic mass is 16.5. The van der Waals surface area contributed by atoms with Crippen molar-refractivity contribution in [2.24, 2.45) is 0 Å². The molecule has 7 nitrogen and oxygen atoms in total. The molecule has 2 aromatic carbocycles. The van der Waals surface area contributed by atoms with Gasteiger partial charge in [0, 0.05) is 6.54 Å². The molecule has 0 radical (unpaired) electrons. The van der Waals surface area contributed by atoms with Crippen LogP contribution in [0.2, 0.25) is 0 Å². The minimum atomic E-state index is -0.335. The summed E-state index contributed by atoms with van der Waals surface area (Å²) in [6.07, 6.45) is 0.715. The molecular formula is C21H22N4O3. The van der Waals surface area contributed by atoms with Crippen molar-refractivity contribution in [3.63, 3.8) is 0 Å². The molecule has 0 saturated heterocycles. The zero-order valence-corrected chi connectivity index (χ0v) is 15.7. The fourth-order valence-corrected chi connectivity index (χ4v) is 3.47. The number of carbonyl (C=O) groups is 1. The molecule has 0 fully saturated rings. The lowest BCUT2D eigenvalue weighted by molar-refractivity contribution is -0.122. The van der Waals surface area contributed by atoms with Crippen LogP contribution in [0.1, 0.15) is 23.1 Å². The van der Waals surface area contributed by atoms with E-state index in [1.165, 1.54) is 14.8 Å². The number of nitrogens with zero attached hydrogens (tertiary/aromatic N) is 3. The van der Waals surface area contributed by atoms with Gasteiger partial charge in [0.25, 0.3) is 0 Å². The van der Waals surface area contributed by atoms with Crippen molar-refractivity contribution in [1.82, 2.24) is 19.7 Å². The summed E-state index contributed by atoms with van der Waals surface area (Å²) in [7, 11) is 0. The Labute approximate surface area is 162 Å². The van der Waals surface area contributed by atoms with Crippen LogP contribution in [0.3, 0.4) is 0 Å². The summed E-state index contributed by atoms with van der Waals surface area (Å²) >= 11 is 0. The average Bonchev–Trinajstić information content (AvgIpc) is 3.01. The van der Waals surface area contributed by atoms with Gasteiger partial charge in [0.15, 0.2) is 0 Å². The quantitative estimate of drug-likeness (QED) is 0.734. The standard InChI is InChI=1S/C21H22N4O3/c1-15-23-25(17-8-3-2-4-9-17)21(27)24(15)14-20(26)22-13-19-18-10-6-5-7-16(18)11-12-28-19/h2-10,19H,11-14H2,1H3,(H,22,26)/t19-/m1/s1. The predicted molar refractivity (Wildman–Crippen MR) is 104 cm³/mol. The first-order valence-electron chi connectivity index (χ1n) is 9.31. The summed E-state index contributed by atoms with van der Waals surface area (Å²) in [5.74, 6) is 0.243. The molecular weight excluding hydrogens is 356 g/mol. The van der Waals surface area contributed by atoms with Crippen LogP contribution in [0.25, 0.3) is 5.69 Å². The second-order valence-corrected chi connectivity index (χ2v) is 6.78. The predicted octanol–water partition coefficient (Wildman–Crippen LogP) is 1.77. The lowest BCUT2D eigenvalue weighted by atomic mass is 9.97. The van der Waals surface area contributed by atoms with Crippen LogP contribution in [0.15, 0.2) is 59.4 Å². The molecule has 144 valence electrons. The van der Waals surface area contributed by atoms with E-state index in [-0.39, 0.29) is 24.2 Å². The van der Waals surface area contributed by atoms with E-state index >= 15 is 0 Å². The van der Waals surface area contributed by atoms with Crippen molar-refractivity contribution in [2.75, 3.05) is 13.2 Å². The van der Waals surface area contributed by atoms with Crippen LogP contribution < -0.4 is 11.0 Å². The first-order chi connectivity index (χ1) is 13.6.